The molecule has 18 heavy (non-hydrogen) atoms. The van der Waals surface area contributed by atoms with Crippen LogP contribution in [-0.2, 0) is 14.3 Å². The number of rotatable bonds is 5. The molecule has 1 fully saturated rings. The number of carbonyl (C=O) groups excluding carboxylic acids is 2. The van der Waals surface area contributed by atoms with E-state index in [1.54, 1.807) is 6.92 Å². The highest BCUT2D eigenvalue weighted by Gasteiger charge is 2.33. The fourth-order valence-electron chi connectivity index (χ4n) is 1.76. The Morgan fingerprint density at radius 2 is 2.11 bits per heavy atom. The first-order valence-electron chi connectivity index (χ1n) is 6.51. The van der Waals surface area contributed by atoms with Gasteiger partial charge in [0, 0.05) is 19.6 Å². The number of ether oxygens (including phenoxy) is 2. The molecule has 0 spiro atoms. The highest BCUT2D eigenvalue weighted by Crippen LogP contribution is 2.08. The molecule has 1 atom stereocenters. The number of carbonyl (C=O) groups is 2. The molecule has 1 unspecified atom stereocenters. The van der Waals surface area contributed by atoms with E-state index >= 15 is 0 Å². The number of hydrogen-bond donors (Lipinski definition) is 1. The van der Waals surface area contributed by atoms with Gasteiger partial charge in [-0.15, -0.1) is 0 Å². The Hall–Kier alpha value is -1.30. The number of unbranched alkanes of at least 4 members (excludes halogenated alkanes) is 1. The molecule has 104 valence electrons. The molecule has 0 aromatic heterocycles. The minimum Gasteiger partial charge on any atom is -0.464 e. The number of hydrogen-bond acceptors (Lipinski definition) is 5. The highest BCUT2D eigenvalue weighted by atomic mass is 16.6. The van der Waals surface area contributed by atoms with Crippen LogP contribution >= 0.6 is 0 Å². The van der Waals surface area contributed by atoms with E-state index in [0.29, 0.717) is 32.8 Å². The van der Waals surface area contributed by atoms with Crippen molar-refractivity contribution in [3.63, 3.8) is 0 Å². The Labute approximate surface area is 108 Å². The van der Waals surface area contributed by atoms with E-state index < -0.39 is 12.1 Å². The number of nitrogens with one attached hydrogen (secondary N) is 1. The minimum atomic E-state index is -0.576. The van der Waals surface area contributed by atoms with Gasteiger partial charge in [-0.1, -0.05) is 13.3 Å². The van der Waals surface area contributed by atoms with Crippen LogP contribution in [0, 0.1) is 0 Å². The molecule has 1 N–H and O–H groups in total. The first-order valence-corrected chi connectivity index (χ1v) is 6.51. The summed E-state index contributed by atoms with van der Waals surface area (Å²) in [7, 11) is 0. The standard InChI is InChI=1S/C12H22N2O4/c1-3-5-8-18-12(16)14-7-6-13-9-10(14)11(15)17-4-2/h10,13H,3-9H2,1-2H3. The average molecular weight is 258 g/mol. The molecule has 1 aliphatic rings. The summed E-state index contributed by atoms with van der Waals surface area (Å²) in [6, 6.07) is -0.576. The van der Waals surface area contributed by atoms with Crippen LogP contribution in [0.1, 0.15) is 26.7 Å². The molecular weight excluding hydrogens is 236 g/mol. The molecule has 0 radical (unpaired) electrons. The lowest BCUT2D eigenvalue weighted by Gasteiger charge is -2.33. The second kappa shape index (κ2) is 7.92. The van der Waals surface area contributed by atoms with Crippen LogP contribution in [0.25, 0.3) is 0 Å². The van der Waals surface area contributed by atoms with Crippen LogP contribution < -0.4 is 5.32 Å². The number of nitrogens with zero attached hydrogens (tertiary/aromatic N) is 1. The van der Waals surface area contributed by atoms with Crippen molar-refractivity contribution < 1.29 is 19.1 Å². The van der Waals surface area contributed by atoms with Gasteiger partial charge in [0.15, 0.2) is 0 Å². The second-order valence-corrected chi connectivity index (χ2v) is 4.13. The Bertz CT molecular complexity index is 283. The third kappa shape index (κ3) is 4.18. The van der Waals surface area contributed by atoms with Crippen molar-refractivity contribution in [1.82, 2.24) is 10.2 Å². The monoisotopic (exact) mass is 258 g/mol. The quantitative estimate of drug-likeness (QED) is 0.582. The summed E-state index contributed by atoms with van der Waals surface area (Å²) in [6.07, 6.45) is 1.38. The van der Waals surface area contributed by atoms with Gasteiger partial charge in [-0.05, 0) is 13.3 Å². The second-order valence-electron chi connectivity index (χ2n) is 4.13. The molecule has 1 heterocycles. The van der Waals surface area contributed by atoms with E-state index in [4.69, 9.17) is 9.47 Å². The molecular formula is C12H22N2O4. The van der Waals surface area contributed by atoms with Crippen molar-refractivity contribution in [2.75, 3.05) is 32.8 Å². The van der Waals surface area contributed by atoms with Crippen LogP contribution in [0.15, 0.2) is 0 Å². The fraction of sp³-hybridized carbons (Fsp3) is 0.833. The van der Waals surface area contributed by atoms with Gasteiger partial charge in [-0.25, -0.2) is 9.59 Å². The summed E-state index contributed by atoms with van der Waals surface area (Å²) in [5.41, 5.74) is 0. The predicted octanol–water partition coefficient (Wildman–Crippen LogP) is 0.760. The molecule has 6 heteroatoms. The van der Waals surface area contributed by atoms with Crippen molar-refractivity contribution in [2.45, 2.75) is 32.7 Å². The molecule has 6 nitrogen and oxygen atoms in total. The summed E-state index contributed by atoms with van der Waals surface area (Å²) >= 11 is 0. The summed E-state index contributed by atoms with van der Waals surface area (Å²) in [4.78, 5) is 25.0. The van der Waals surface area contributed by atoms with Gasteiger partial charge in [0.05, 0.1) is 13.2 Å². The van der Waals surface area contributed by atoms with E-state index in [9.17, 15) is 9.59 Å². The molecule has 1 rings (SSSR count). The van der Waals surface area contributed by atoms with E-state index in [1.807, 2.05) is 6.92 Å². The van der Waals surface area contributed by atoms with E-state index in [2.05, 4.69) is 5.32 Å². The van der Waals surface area contributed by atoms with Gasteiger partial charge in [-0.2, -0.15) is 0 Å². The summed E-state index contributed by atoms with van der Waals surface area (Å²) in [5, 5.41) is 3.08. The minimum absolute atomic E-state index is 0.314. The van der Waals surface area contributed by atoms with Crippen molar-refractivity contribution >= 4 is 12.1 Å². The molecule has 1 amide bonds. The largest absolute Gasteiger partial charge is 0.464 e. The predicted molar refractivity (Wildman–Crippen MR) is 66.3 cm³/mol. The van der Waals surface area contributed by atoms with E-state index in [-0.39, 0.29) is 5.97 Å². The number of esters is 1. The maximum atomic E-state index is 11.9. The first kappa shape index (κ1) is 14.8. The van der Waals surface area contributed by atoms with Gasteiger partial charge in [0.2, 0.25) is 0 Å². The van der Waals surface area contributed by atoms with Gasteiger partial charge in [0.1, 0.15) is 6.04 Å². The Morgan fingerprint density at radius 1 is 1.33 bits per heavy atom. The Kier molecular flexibility index (Phi) is 6.49. The van der Waals surface area contributed by atoms with Crippen molar-refractivity contribution in [3.05, 3.63) is 0 Å². The maximum Gasteiger partial charge on any atom is 0.410 e. The summed E-state index contributed by atoms with van der Waals surface area (Å²) in [5.74, 6) is -0.378. The zero-order valence-corrected chi connectivity index (χ0v) is 11.1. The normalized spacial score (nSPS) is 19.4. The Balaban J connectivity index is 2.52. The van der Waals surface area contributed by atoms with Crippen molar-refractivity contribution in [1.29, 1.82) is 0 Å². The molecule has 0 aliphatic carbocycles. The molecule has 1 aliphatic heterocycles. The molecule has 1 saturated heterocycles. The zero-order chi connectivity index (χ0) is 13.4. The number of amides is 1. The average Bonchev–Trinajstić information content (AvgIpc) is 2.39. The van der Waals surface area contributed by atoms with Gasteiger partial charge >= 0.3 is 12.1 Å². The van der Waals surface area contributed by atoms with Crippen LogP contribution in [0.3, 0.4) is 0 Å². The van der Waals surface area contributed by atoms with E-state index in [0.717, 1.165) is 12.8 Å². The van der Waals surface area contributed by atoms with Gasteiger partial charge < -0.3 is 14.8 Å². The highest BCUT2D eigenvalue weighted by molar-refractivity contribution is 5.82. The van der Waals surface area contributed by atoms with Crippen molar-refractivity contribution in [2.24, 2.45) is 0 Å². The molecule has 0 saturated carbocycles. The Morgan fingerprint density at radius 3 is 2.78 bits per heavy atom. The lowest BCUT2D eigenvalue weighted by Crippen LogP contribution is -2.57. The fourth-order valence-corrected chi connectivity index (χ4v) is 1.76. The van der Waals surface area contributed by atoms with Crippen LogP contribution in [-0.4, -0.2) is 55.9 Å². The maximum absolute atomic E-state index is 11.9. The molecule has 0 aromatic carbocycles. The zero-order valence-electron chi connectivity index (χ0n) is 11.1. The lowest BCUT2D eigenvalue weighted by molar-refractivity contribution is -0.149. The third-order valence-corrected chi connectivity index (χ3v) is 2.76. The lowest BCUT2D eigenvalue weighted by atomic mass is 10.2. The van der Waals surface area contributed by atoms with Crippen LogP contribution in [0.5, 0.6) is 0 Å². The van der Waals surface area contributed by atoms with Crippen LogP contribution in [0.2, 0.25) is 0 Å². The molecule has 0 aromatic rings. The van der Waals surface area contributed by atoms with Crippen molar-refractivity contribution in [3.8, 4) is 0 Å². The summed E-state index contributed by atoms with van der Waals surface area (Å²) < 4.78 is 10.1. The van der Waals surface area contributed by atoms with Gasteiger partial charge in [-0.3, -0.25) is 4.90 Å². The number of piperazine rings is 1. The van der Waals surface area contributed by atoms with E-state index in [1.165, 1.54) is 4.90 Å². The first-order chi connectivity index (χ1) is 8.70. The smallest absolute Gasteiger partial charge is 0.410 e. The molecule has 0 bridgehead atoms. The van der Waals surface area contributed by atoms with Gasteiger partial charge in [0.25, 0.3) is 0 Å². The summed E-state index contributed by atoms with van der Waals surface area (Å²) in [6.45, 7) is 6.04. The van der Waals surface area contributed by atoms with Crippen LogP contribution in [0.4, 0.5) is 4.79 Å². The topological polar surface area (TPSA) is 67.9 Å². The third-order valence-electron chi connectivity index (χ3n) is 2.76. The SMILES string of the molecule is CCCCOC(=O)N1CCNCC1C(=O)OCC.